The van der Waals surface area contributed by atoms with E-state index in [4.69, 9.17) is 10.3 Å². The van der Waals surface area contributed by atoms with Crippen LogP contribution in [0.15, 0.2) is 10.6 Å². The van der Waals surface area contributed by atoms with Crippen LogP contribution < -0.4 is 5.73 Å². The molecule has 3 nitrogen and oxygen atoms in total. The molecule has 0 radical (unpaired) electrons. The molecule has 90 valence electrons. The van der Waals surface area contributed by atoms with Crippen molar-refractivity contribution in [3.8, 4) is 10.6 Å². The van der Waals surface area contributed by atoms with Crippen LogP contribution in [0.1, 0.15) is 22.9 Å². The van der Waals surface area contributed by atoms with Crippen molar-refractivity contribution >= 4 is 29.0 Å². The number of nitrogens with zero attached hydrogens (tertiary/aromatic N) is 1. The Hall–Kier alpha value is -0.940. The summed E-state index contributed by atoms with van der Waals surface area (Å²) in [6, 6.07) is 2.25. The summed E-state index contributed by atoms with van der Waals surface area (Å²) in [5, 5.41) is 4.10. The number of rotatable bonds is 2. The highest BCUT2D eigenvalue weighted by atomic mass is 32.2. The fourth-order valence-electron chi connectivity index (χ4n) is 2.12. The van der Waals surface area contributed by atoms with Gasteiger partial charge < -0.3 is 10.3 Å². The van der Waals surface area contributed by atoms with Crippen molar-refractivity contribution in [2.24, 2.45) is 0 Å². The van der Waals surface area contributed by atoms with Crippen molar-refractivity contribution in [1.29, 1.82) is 0 Å². The first-order valence-electron chi connectivity index (χ1n) is 5.73. The largest absolute Gasteiger partial charge is 0.367 e. The molecule has 0 aliphatic carbocycles. The van der Waals surface area contributed by atoms with Crippen molar-refractivity contribution in [2.45, 2.75) is 25.5 Å². The van der Waals surface area contributed by atoms with E-state index in [1.807, 2.05) is 23.1 Å². The number of thioether (sulfide) groups is 1. The molecule has 0 amide bonds. The van der Waals surface area contributed by atoms with E-state index >= 15 is 0 Å². The average molecular weight is 266 g/mol. The molecule has 0 spiro atoms. The number of fused-ring (bicyclic) bond motifs is 1. The van der Waals surface area contributed by atoms with Gasteiger partial charge in [0, 0.05) is 16.2 Å². The van der Waals surface area contributed by atoms with Gasteiger partial charge >= 0.3 is 0 Å². The highest BCUT2D eigenvalue weighted by Crippen LogP contribution is 2.38. The second-order valence-corrected chi connectivity index (χ2v) is 6.33. The molecular weight excluding hydrogens is 252 g/mol. The zero-order valence-electron chi connectivity index (χ0n) is 9.66. The predicted molar refractivity (Wildman–Crippen MR) is 73.5 cm³/mol. The maximum atomic E-state index is 5.78. The maximum absolute atomic E-state index is 5.78. The van der Waals surface area contributed by atoms with Gasteiger partial charge in [0.1, 0.15) is 5.69 Å². The first-order valence-corrected chi connectivity index (χ1v) is 7.70. The number of nitrogens with two attached hydrogens (primary N) is 1. The minimum atomic E-state index is 0.461. The first-order chi connectivity index (χ1) is 8.29. The van der Waals surface area contributed by atoms with Crippen molar-refractivity contribution in [1.82, 2.24) is 5.16 Å². The third kappa shape index (κ3) is 1.87. The van der Waals surface area contributed by atoms with E-state index in [1.54, 1.807) is 0 Å². The lowest BCUT2D eigenvalue weighted by atomic mass is 10.1. The molecule has 0 unspecified atom stereocenters. The lowest BCUT2D eigenvalue weighted by Gasteiger charge is -2.08. The third-order valence-electron chi connectivity index (χ3n) is 3.03. The van der Waals surface area contributed by atoms with Gasteiger partial charge in [0.25, 0.3) is 0 Å². The van der Waals surface area contributed by atoms with E-state index in [2.05, 4.69) is 18.1 Å². The van der Waals surface area contributed by atoms with E-state index in [1.165, 1.54) is 27.5 Å². The molecule has 0 bridgehead atoms. The molecule has 17 heavy (non-hydrogen) atoms. The van der Waals surface area contributed by atoms with E-state index in [-0.39, 0.29) is 0 Å². The Kier molecular flexibility index (Phi) is 2.88. The lowest BCUT2D eigenvalue weighted by molar-refractivity contribution is 0.439. The fraction of sp³-hybridized carbons (Fsp3) is 0.417. The van der Waals surface area contributed by atoms with E-state index < -0.39 is 0 Å². The van der Waals surface area contributed by atoms with E-state index in [9.17, 15) is 0 Å². The Labute approximate surface area is 108 Å². The van der Waals surface area contributed by atoms with Gasteiger partial charge in [-0.2, -0.15) is 11.8 Å². The molecular formula is C12H14N2OS2. The number of thiophene rings is 1. The van der Waals surface area contributed by atoms with Crippen LogP contribution in [0.2, 0.25) is 0 Å². The van der Waals surface area contributed by atoms with Gasteiger partial charge in [-0.3, -0.25) is 0 Å². The Morgan fingerprint density at radius 3 is 3.18 bits per heavy atom. The second kappa shape index (κ2) is 4.38. The topological polar surface area (TPSA) is 52.0 Å². The molecule has 0 fully saturated rings. The number of aromatic nitrogens is 1. The molecule has 2 aromatic heterocycles. The number of nitrogen functional groups attached to an aromatic ring is 1. The van der Waals surface area contributed by atoms with Gasteiger partial charge in [-0.15, -0.1) is 11.3 Å². The van der Waals surface area contributed by atoms with Crippen LogP contribution in [0, 0.1) is 0 Å². The van der Waals surface area contributed by atoms with Crippen LogP contribution in [0.25, 0.3) is 10.6 Å². The molecule has 0 aromatic carbocycles. The summed E-state index contributed by atoms with van der Waals surface area (Å²) in [4.78, 5) is 2.71. The monoisotopic (exact) mass is 266 g/mol. The Morgan fingerprint density at radius 2 is 2.41 bits per heavy atom. The summed E-state index contributed by atoms with van der Waals surface area (Å²) in [6.45, 7) is 2.08. The van der Waals surface area contributed by atoms with Gasteiger partial charge in [0.2, 0.25) is 5.88 Å². The summed E-state index contributed by atoms with van der Waals surface area (Å²) in [6.07, 6.45) is 2.04. The maximum Gasteiger partial charge on any atom is 0.225 e. The summed E-state index contributed by atoms with van der Waals surface area (Å²) in [5.41, 5.74) is 9.22. The van der Waals surface area contributed by atoms with Crippen LogP contribution >= 0.6 is 23.1 Å². The summed E-state index contributed by atoms with van der Waals surface area (Å²) in [7, 11) is 0. The van der Waals surface area contributed by atoms with Crippen LogP contribution in [-0.2, 0) is 18.6 Å². The van der Waals surface area contributed by atoms with Crippen molar-refractivity contribution in [3.63, 3.8) is 0 Å². The summed E-state index contributed by atoms with van der Waals surface area (Å²) < 4.78 is 5.10. The Balaban J connectivity index is 2.06. The highest BCUT2D eigenvalue weighted by molar-refractivity contribution is 7.98. The van der Waals surface area contributed by atoms with Gasteiger partial charge in [-0.25, -0.2) is 0 Å². The minimum Gasteiger partial charge on any atom is -0.367 e. The molecule has 3 rings (SSSR count). The highest BCUT2D eigenvalue weighted by Gasteiger charge is 2.19. The zero-order chi connectivity index (χ0) is 11.8. The van der Waals surface area contributed by atoms with Gasteiger partial charge in [0.05, 0.1) is 4.88 Å². The Bertz CT molecular complexity index is 521. The van der Waals surface area contributed by atoms with E-state index in [0.29, 0.717) is 5.88 Å². The minimum absolute atomic E-state index is 0.461. The zero-order valence-corrected chi connectivity index (χ0v) is 11.3. The van der Waals surface area contributed by atoms with Gasteiger partial charge in [-0.05, 0) is 30.2 Å². The molecule has 0 saturated carbocycles. The van der Waals surface area contributed by atoms with Crippen LogP contribution in [0.4, 0.5) is 5.88 Å². The SMILES string of the molecule is CCc1c(-c2cc3c(s2)CCSC3)noc1N. The number of anilines is 1. The summed E-state index contributed by atoms with van der Waals surface area (Å²) in [5.74, 6) is 2.82. The summed E-state index contributed by atoms with van der Waals surface area (Å²) >= 11 is 3.84. The quantitative estimate of drug-likeness (QED) is 0.905. The second-order valence-electron chi connectivity index (χ2n) is 4.09. The molecule has 3 heterocycles. The predicted octanol–water partition coefficient (Wildman–Crippen LogP) is 3.34. The number of hydrogen-bond acceptors (Lipinski definition) is 5. The normalized spacial score (nSPS) is 14.9. The lowest BCUT2D eigenvalue weighted by Crippen LogP contribution is -1.96. The number of aryl methyl sites for hydroxylation is 1. The van der Waals surface area contributed by atoms with Crippen molar-refractivity contribution < 1.29 is 4.52 Å². The molecule has 2 N–H and O–H groups in total. The molecule has 0 atom stereocenters. The molecule has 2 aromatic rings. The third-order valence-corrected chi connectivity index (χ3v) is 5.28. The van der Waals surface area contributed by atoms with E-state index in [0.717, 1.165) is 23.4 Å². The molecule has 0 saturated heterocycles. The van der Waals surface area contributed by atoms with Gasteiger partial charge in [-0.1, -0.05) is 12.1 Å². The van der Waals surface area contributed by atoms with Crippen LogP contribution in [0.3, 0.4) is 0 Å². The molecule has 1 aliphatic heterocycles. The Morgan fingerprint density at radius 1 is 1.53 bits per heavy atom. The fourth-order valence-corrected chi connectivity index (χ4v) is 4.50. The number of hydrogen-bond donors (Lipinski definition) is 1. The van der Waals surface area contributed by atoms with Crippen molar-refractivity contribution in [3.05, 3.63) is 22.1 Å². The van der Waals surface area contributed by atoms with Crippen molar-refractivity contribution in [2.75, 3.05) is 11.5 Å². The van der Waals surface area contributed by atoms with Crippen LogP contribution in [-0.4, -0.2) is 10.9 Å². The smallest absolute Gasteiger partial charge is 0.225 e. The molecule has 1 aliphatic rings. The average Bonchev–Trinajstić information content (AvgIpc) is 2.91. The molecule has 5 heteroatoms. The standard InChI is InChI=1S/C12H14N2OS2/c1-2-8-11(14-15-12(8)13)10-5-7-6-16-4-3-9(7)17-10/h5H,2-4,6,13H2,1H3. The van der Waals surface area contributed by atoms with Crippen LogP contribution in [0.5, 0.6) is 0 Å². The van der Waals surface area contributed by atoms with Gasteiger partial charge in [0.15, 0.2) is 0 Å². The first kappa shape index (κ1) is 11.2.